The number of aromatic nitrogens is 3. The first-order valence-corrected chi connectivity index (χ1v) is 25.6. The highest BCUT2D eigenvalue weighted by molar-refractivity contribution is 14.1. The van der Waals surface area contributed by atoms with E-state index in [1.54, 1.807) is 11.3 Å². The minimum absolute atomic E-state index is 0.0530. The smallest absolute Gasteiger partial charge is 0.289 e. The number of hydrogen-bond acceptors (Lipinski definition) is 2. The first-order valence-electron chi connectivity index (χ1n) is 24.7. The Balaban J connectivity index is 1.19. The number of halogens is 1. The van der Waals surface area contributed by atoms with Crippen molar-refractivity contribution in [1.29, 1.82) is 0 Å². The normalized spacial score (nSPS) is 26.8. The average molecular weight is 960 g/mol. The van der Waals surface area contributed by atoms with Crippen molar-refractivity contribution in [3.63, 3.8) is 0 Å². The standard InChI is InChI=1S/C58H66IN5/c1-36-30-39-24-27-45-51-53-50-44-28-26-41(56(3,4)5)32-40(44)25-29-47(50)58(7)48-34-62(42-20-14-10-15-21-42)55(38-18-12-9-13-19-38)64(59,43-22-16-11-17-23-43)49(48)33-57(58,6)63(53)35-60-54(51)61(8)52(45)46(39)31-37(36)2/h9,12-13,18-19,24-32,35,42-43,55H,10-11,14-17,20-23,33-34H2,1-8H3/q+2. The zero-order valence-corrected chi connectivity index (χ0v) is 41.6. The van der Waals surface area contributed by atoms with Crippen molar-refractivity contribution in [3.05, 3.63) is 130 Å². The Morgan fingerprint density at radius 2 is 1.44 bits per heavy atom. The average Bonchev–Trinajstić information content (AvgIpc) is 3.74. The third kappa shape index (κ3) is 5.54. The van der Waals surface area contributed by atoms with Gasteiger partial charge in [-0.1, -0.05) is 125 Å². The van der Waals surface area contributed by atoms with Crippen LogP contribution in [0, 0.1) is 13.8 Å². The molecule has 2 aliphatic heterocycles. The van der Waals surface area contributed by atoms with Crippen molar-refractivity contribution in [2.75, 3.05) is 6.54 Å². The predicted octanol–water partition coefficient (Wildman–Crippen LogP) is 14.4. The summed E-state index contributed by atoms with van der Waals surface area (Å²) in [5.41, 5.74) is 15.0. The fourth-order valence-corrected chi connectivity index (χ4v) is 15.8. The molecule has 0 amide bonds. The summed E-state index contributed by atoms with van der Waals surface area (Å²) in [6.07, 6.45) is 16.8. The summed E-state index contributed by atoms with van der Waals surface area (Å²) in [5, 5.41) is 7.89. The van der Waals surface area contributed by atoms with E-state index >= 15 is 0 Å². The molecule has 0 spiro atoms. The first kappa shape index (κ1) is 41.3. The molecule has 5 nitrogen and oxygen atoms in total. The summed E-state index contributed by atoms with van der Waals surface area (Å²) in [6.45, 7) is 17.9. The minimum atomic E-state index is -0.292. The summed E-state index contributed by atoms with van der Waals surface area (Å²) in [4.78, 5) is 8.67. The van der Waals surface area contributed by atoms with Crippen molar-refractivity contribution in [2.24, 2.45) is 7.05 Å². The van der Waals surface area contributed by atoms with Crippen LogP contribution in [0.4, 0.5) is 0 Å². The van der Waals surface area contributed by atoms with Gasteiger partial charge in [-0.15, -0.1) is 0 Å². The van der Waals surface area contributed by atoms with Crippen LogP contribution in [0.15, 0.2) is 103 Å². The lowest BCUT2D eigenvalue weighted by Gasteiger charge is -2.55. The monoisotopic (exact) mass is 959 g/mol. The Morgan fingerprint density at radius 1 is 0.766 bits per heavy atom. The van der Waals surface area contributed by atoms with E-state index in [4.69, 9.17) is 4.98 Å². The van der Waals surface area contributed by atoms with Gasteiger partial charge in [-0.05, 0) is 108 Å². The molecule has 12 rings (SSSR count). The van der Waals surface area contributed by atoms with Gasteiger partial charge in [0, 0.05) is 59.9 Å². The number of nitrogens with zero attached hydrogens (tertiary/aromatic N) is 5. The van der Waals surface area contributed by atoms with Crippen LogP contribution >= 0.6 is 22.9 Å². The van der Waals surface area contributed by atoms with E-state index in [1.807, 2.05) is 0 Å². The predicted molar refractivity (Wildman–Crippen MR) is 274 cm³/mol. The maximum atomic E-state index is 5.60. The van der Waals surface area contributed by atoms with Gasteiger partial charge in [0.25, 0.3) is 34.8 Å². The van der Waals surface area contributed by atoms with Crippen molar-refractivity contribution in [1.82, 2.24) is 14.5 Å². The molecule has 0 radical (unpaired) electrons. The summed E-state index contributed by atoms with van der Waals surface area (Å²) in [5.74, 6) is 0. The molecule has 0 saturated heterocycles. The molecule has 0 N–H and O–H groups in total. The van der Waals surface area contributed by atoms with Crippen LogP contribution in [0.3, 0.4) is 0 Å². The summed E-state index contributed by atoms with van der Waals surface area (Å²) in [6, 6.07) is 35.0. The Hall–Kier alpha value is -4.11. The van der Waals surface area contributed by atoms with Crippen LogP contribution in [-0.2, 0) is 23.4 Å². The minimum Gasteiger partial charge on any atom is -0.307 e. The Morgan fingerprint density at radius 3 is 2.17 bits per heavy atom. The molecule has 64 heavy (non-hydrogen) atoms. The van der Waals surface area contributed by atoms with E-state index in [0.29, 0.717) is 12.1 Å². The topological polar surface area (TPSA) is 24.9 Å². The number of fused-ring (bicyclic) bond motifs is 15. The number of benzene rings is 5. The molecule has 5 aromatic carbocycles. The van der Waals surface area contributed by atoms with Gasteiger partial charge >= 0.3 is 0 Å². The van der Waals surface area contributed by atoms with Crippen molar-refractivity contribution < 1.29 is 7.26 Å². The molecule has 6 heteroatoms. The molecule has 2 fully saturated rings. The first-order chi connectivity index (χ1) is 30.7. The second kappa shape index (κ2) is 14.4. The number of hydrogen-bond donors (Lipinski definition) is 0. The zero-order chi connectivity index (χ0) is 44.1. The molecule has 2 aromatic heterocycles. The molecule has 4 unspecified atom stereocenters. The van der Waals surface area contributed by atoms with Gasteiger partial charge in [0.1, 0.15) is 28.4 Å². The lowest BCUT2D eigenvalue weighted by atomic mass is 9.61. The van der Waals surface area contributed by atoms with Crippen LogP contribution < -0.4 is 4.57 Å². The molecular weight excluding hydrogens is 894 g/mol. The largest absolute Gasteiger partial charge is 0.307 e. The number of allylic oxidation sites excluding steroid dienone is 1. The van der Waals surface area contributed by atoms with E-state index in [0.717, 1.165) is 21.3 Å². The number of quaternary nitrogens is 1. The fraction of sp³-hybridized carbons (Fsp3) is 0.448. The molecule has 5 aliphatic rings. The zero-order valence-electron chi connectivity index (χ0n) is 39.5. The van der Waals surface area contributed by atoms with E-state index < -0.39 is 0 Å². The second-order valence-corrected chi connectivity index (χ2v) is 23.8. The van der Waals surface area contributed by atoms with Crippen molar-refractivity contribution in [2.45, 2.75) is 154 Å². The summed E-state index contributed by atoms with van der Waals surface area (Å²) in [7, 11) is 2.25. The summed E-state index contributed by atoms with van der Waals surface area (Å²) >= 11 is 3.07. The highest BCUT2D eigenvalue weighted by atomic mass is 127. The van der Waals surface area contributed by atoms with Gasteiger partial charge in [0.2, 0.25) is 0 Å². The van der Waals surface area contributed by atoms with Gasteiger partial charge in [-0.3, -0.25) is 0 Å². The van der Waals surface area contributed by atoms with Gasteiger partial charge in [0.05, 0.1) is 17.4 Å². The van der Waals surface area contributed by atoms with Crippen LogP contribution in [0.25, 0.3) is 54.7 Å². The van der Waals surface area contributed by atoms with Crippen LogP contribution in [0.5, 0.6) is 0 Å². The quantitative estimate of drug-likeness (QED) is 0.100. The van der Waals surface area contributed by atoms with E-state index in [9.17, 15) is 0 Å². The van der Waals surface area contributed by atoms with Crippen molar-refractivity contribution in [3.8, 4) is 11.3 Å². The van der Waals surface area contributed by atoms with E-state index in [-0.39, 0.29) is 22.5 Å². The second-order valence-electron chi connectivity index (χ2n) is 22.2. The Kier molecular flexibility index (Phi) is 9.33. The molecule has 328 valence electrons. The SMILES string of the molecule is Cc1cc2ccc3c4c5[n+](cnc4n(C)c3c2cc1C)C1(C)CC2=C(CN(C3CCCCC3)C(c3ccccc3)[N+]2(I)C2CCCCC2)C1(C)c1ccc2cc(C(C)(C)C)ccc2c1-5. The maximum absolute atomic E-state index is 5.60. The number of rotatable bonds is 3. The molecule has 3 aliphatic carbocycles. The molecule has 2 saturated carbocycles. The summed E-state index contributed by atoms with van der Waals surface area (Å²) < 4.78 is 6.13. The van der Waals surface area contributed by atoms with Crippen molar-refractivity contribution >= 4 is 66.3 Å². The van der Waals surface area contributed by atoms with Crippen LogP contribution in [0.2, 0.25) is 0 Å². The highest BCUT2D eigenvalue weighted by Crippen LogP contribution is 2.66. The third-order valence-electron chi connectivity index (χ3n) is 17.9. The maximum Gasteiger partial charge on any atom is 0.289 e. The Bertz CT molecular complexity index is 3110. The van der Waals surface area contributed by atoms with Gasteiger partial charge in [-0.25, -0.2) is 12.2 Å². The van der Waals surface area contributed by atoms with Gasteiger partial charge in [-0.2, -0.15) is 0 Å². The van der Waals surface area contributed by atoms with Gasteiger partial charge < -0.3 is 4.57 Å². The van der Waals surface area contributed by atoms with Crippen LogP contribution in [0.1, 0.15) is 139 Å². The molecule has 4 heterocycles. The lowest BCUT2D eigenvalue weighted by molar-refractivity contribution is -0.808. The van der Waals surface area contributed by atoms with E-state index in [1.165, 1.54) is 141 Å². The lowest BCUT2D eigenvalue weighted by Crippen LogP contribution is -2.67. The molecular formula is C58H66IN5+2. The van der Waals surface area contributed by atoms with Gasteiger partial charge in [0.15, 0.2) is 6.17 Å². The molecule has 4 atom stereocenters. The number of aryl methyl sites for hydroxylation is 3. The molecule has 0 bridgehead atoms. The fourth-order valence-electron chi connectivity index (χ4n) is 14.2. The molecule has 7 aromatic rings. The van der Waals surface area contributed by atoms with Crippen LogP contribution in [-0.4, -0.2) is 35.8 Å². The van der Waals surface area contributed by atoms with E-state index in [2.05, 4.69) is 184 Å². The third-order valence-corrected chi connectivity index (χ3v) is 19.8. The Labute approximate surface area is 394 Å². The highest BCUT2D eigenvalue weighted by Gasteiger charge is 2.70.